The highest BCUT2D eigenvalue weighted by Crippen LogP contribution is 2.34. The molecular formula is C21H21FN6. The summed E-state index contributed by atoms with van der Waals surface area (Å²) in [6.07, 6.45) is 9.54. The number of halogens is 1. The van der Waals surface area contributed by atoms with Gasteiger partial charge < -0.3 is 15.6 Å². The van der Waals surface area contributed by atoms with E-state index in [0.29, 0.717) is 24.2 Å². The van der Waals surface area contributed by atoms with Crippen molar-refractivity contribution >= 4 is 28.5 Å². The number of hydrogen-bond acceptors (Lipinski definition) is 5. The van der Waals surface area contributed by atoms with Crippen LogP contribution in [0.4, 0.5) is 16.2 Å². The standard InChI is InChI=1S/C21H21FN6/c22-16-8-15(17-4-6-23-18(17)10-16)12-26-21-24-7-5-19(28-21)27-20-9-14(11-25-20)13-2-1-3-13/h4-10,13,23H,1-3,11-12H2,(H2,24,25,26,27,28). The lowest BCUT2D eigenvalue weighted by Crippen LogP contribution is -2.15. The molecule has 6 nitrogen and oxygen atoms in total. The fourth-order valence-electron chi connectivity index (χ4n) is 3.72. The van der Waals surface area contributed by atoms with Crippen LogP contribution in [0.3, 0.4) is 0 Å². The third-order valence-electron chi connectivity index (χ3n) is 5.45. The minimum absolute atomic E-state index is 0.267. The van der Waals surface area contributed by atoms with Gasteiger partial charge in [0.2, 0.25) is 5.95 Å². The van der Waals surface area contributed by atoms with Crippen LogP contribution in [0.15, 0.2) is 53.3 Å². The van der Waals surface area contributed by atoms with Gasteiger partial charge in [-0.25, -0.2) is 9.37 Å². The maximum Gasteiger partial charge on any atom is 0.224 e. The van der Waals surface area contributed by atoms with Crippen molar-refractivity contribution in [3.63, 3.8) is 0 Å². The molecule has 1 aliphatic heterocycles. The smallest absolute Gasteiger partial charge is 0.224 e. The number of hydrogen-bond donors (Lipinski definition) is 3. The van der Waals surface area contributed by atoms with Gasteiger partial charge in [-0.1, -0.05) is 6.42 Å². The second kappa shape index (κ2) is 7.07. The van der Waals surface area contributed by atoms with E-state index in [0.717, 1.165) is 28.8 Å². The molecule has 2 aromatic heterocycles. The number of benzene rings is 1. The molecule has 0 radical (unpaired) electrons. The van der Waals surface area contributed by atoms with Crippen LogP contribution in [0.2, 0.25) is 0 Å². The second-order valence-corrected chi connectivity index (χ2v) is 7.30. The zero-order valence-corrected chi connectivity index (χ0v) is 15.4. The van der Waals surface area contributed by atoms with Crippen molar-refractivity contribution in [1.82, 2.24) is 15.0 Å². The number of fused-ring (bicyclic) bond motifs is 1. The maximum atomic E-state index is 13.8. The van der Waals surface area contributed by atoms with Gasteiger partial charge in [0.15, 0.2) is 0 Å². The predicted octanol–water partition coefficient (Wildman–Crippen LogP) is 4.26. The Bertz CT molecular complexity index is 1080. The van der Waals surface area contributed by atoms with Crippen molar-refractivity contribution in [1.29, 1.82) is 0 Å². The van der Waals surface area contributed by atoms with Crippen LogP contribution in [0.5, 0.6) is 0 Å². The molecular weight excluding hydrogens is 355 g/mol. The molecule has 142 valence electrons. The number of nitrogens with one attached hydrogen (secondary N) is 3. The zero-order chi connectivity index (χ0) is 18.9. The molecule has 7 heteroatoms. The van der Waals surface area contributed by atoms with Gasteiger partial charge in [0.25, 0.3) is 0 Å². The van der Waals surface area contributed by atoms with Gasteiger partial charge in [0.1, 0.15) is 17.5 Å². The van der Waals surface area contributed by atoms with Gasteiger partial charge in [-0.05, 0) is 60.2 Å². The summed E-state index contributed by atoms with van der Waals surface area (Å²) in [7, 11) is 0. The van der Waals surface area contributed by atoms with Crippen molar-refractivity contribution in [2.45, 2.75) is 25.8 Å². The van der Waals surface area contributed by atoms with E-state index in [4.69, 9.17) is 0 Å². The molecule has 1 aliphatic carbocycles. The van der Waals surface area contributed by atoms with Crippen molar-refractivity contribution in [2.24, 2.45) is 10.9 Å². The van der Waals surface area contributed by atoms with E-state index in [1.54, 1.807) is 6.20 Å². The van der Waals surface area contributed by atoms with E-state index in [1.165, 1.54) is 37.0 Å². The topological polar surface area (TPSA) is 78.0 Å². The normalized spacial score (nSPS) is 16.6. The number of aromatic amines is 1. The first-order valence-corrected chi connectivity index (χ1v) is 9.59. The molecule has 1 aromatic carbocycles. The highest BCUT2D eigenvalue weighted by atomic mass is 19.1. The Kier molecular flexibility index (Phi) is 4.27. The van der Waals surface area contributed by atoms with Gasteiger partial charge in [-0.2, -0.15) is 4.98 Å². The summed E-state index contributed by atoms with van der Waals surface area (Å²) in [5.41, 5.74) is 3.05. The van der Waals surface area contributed by atoms with Gasteiger partial charge in [-0.15, -0.1) is 0 Å². The number of H-pyrrole nitrogens is 1. The summed E-state index contributed by atoms with van der Waals surface area (Å²) < 4.78 is 13.8. The third-order valence-corrected chi connectivity index (χ3v) is 5.45. The lowest BCUT2D eigenvalue weighted by Gasteiger charge is -2.26. The molecule has 1 saturated carbocycles. The Morgan fingerprint density at radius 2 is 2.14 bits per heavy atom. The Hall–Kier alpha value is -3.22. The van der Waals surface area contributed by atoms with E-state index in [2.05, 4.69) is 36.7 Å². The first kappa shape index (κ1) is 16.9. The average molecular weight is 376 g/mol. The van der Waals surface area contributed by atoms with Crippen LogP contribution in [0.25, 0.3) is 10.9 Å². The van der Waals surface area contributed by atoms with Crippen LogP contribution in [0.1, 0.15) is 24.8 Å². The van der Waals surface area contributed by atoms with Crippen molar-refractivity contribution in [3.8, 4) is 0 Å². The van der Waals surface area contributed by atoms with E-state index in [-0.39, 0.29) is 5.82 Å². The number of nitrogens with zero attached hydrogens (tertiary/aromatic N) is 3. The number of aliphatic imine (C=N–C) groups is 1. The van der Waals surface area contributed by atoms with Gasteiger partial charge in [-0.3, -0.25) is 4.99 Å². The lowest BCUT2D eigenvalue weighted by atomic mass is 9.80. The van der Waals surface area contributed by atoms with Gasteiger partial charge in [0.05, 0.1) is 6.54 Å². The molecule has 28 heavy (non-hydrogen) atoms. The summed E-state index contributed by atoms with van der Waals surface area (Å²) in [5.74, 6) is 2.47. The number of aromatic nitrogens is 3. The first-order valence-electron chi connectivity index (χ1n) is 9.59. The number of amidine groups is 1. The summed E-state index contributed by atoms with van der Waals surface area (Å²) in [6, 6.07) is 6.78. The molecule has 0 atom stereocenters. The molecule has 3 aromatic rings. The molecule has 0 bridgehead atoms. The SMILES string of the molecule is Fc1cc(CNc2nccc(NC3=NCC(C4CCC4)=C3)n2)c2cc[nH]c2c1. The Balaban J connectivity index is 1.27. The van der Waals surface area contributed by atoms with Crippen LogP contribution in [-0.2, 0) is 6.54 Å². The largest absolute Gasteiger partial charge is 0.361 e. The maximum absolute atomic E-state index is 13.8. The molecule has 1 fully saturated rings. The van der Waals surface area contributed by atoms with Crippen LogP contribution in [0, 0.1) is 11.7 Å². The van der Waals surface area contributed by atoms with E-state index >= 15 is 0 Å². The minimum Gasteiger partial charge on any atom is -0.361 e. The first-order chi connectivity index (χ1) is 13.7. The quantitative estimate of drug-likeness (QED) is 0.622. The highest BCUT2D eigenvalue weighted by molar-refractivity contribution is 6.05. The fraction of sp³-hybridized carbons (Fsp3) is 0.286. The van der Waals surface area contributed by atoms with Gasteiger partial charge in [0, 0.05) is 29.8 Å². The van der Waals surface area contributed by atoms with E-state index in [1.807, 2.05) is 18.3 Å². The third kappa shape index (κ3) is 3.35. The molecule has 5 rings (SSSR count). The number of rotatable bonds is 5. The molecule has 0 unspecified atom stereocenters. The molecule has 0 amide bonds. The fourth-order valence-corrected chi connectivity index (χ4v) is 3.72. The molecule has 3 heterocycles. The Morgan fingerprint density at radius 3 is 3.00 bits per heavy atom. The van der Waals surface area contributed by atoms with Crippen molar-refractivity contribution in [2.75, 3.05) is 17.2 Å². The second-order valence-electron chi connectivity index (χ2n) is 7.30. The monoisotopic (exact) mass is 376 g/mol. The minimum atomic E-state index is -0.267. The summed E-state index contributed by atoms with van der Waals surface area (Å²) >= 11 is 0. The van der Waals surface area contributed by atoms with Crippen molar-refractivity contribution in [3.05, 3.63) is 59.7 Å². The van der Waals surface area contributed by atoms with Crippen molar-refractivity contribution < 1.29 is 4.39 Å². The highest BCUT2D eigenvalue weighted by Gasteiger charge is 2.24. The Morgan fingerprint density at radius 1 is 1.21 bits per heavy atom. The van der Waals surface area contributed by atoms with Crippen LogP contribution < -0.4 is 10.6 Å². The zero-order valence-electron chi connectivity index (χ0n) is 15.4. The Labute approximate surface area is 162 Å². The average Bonchev–Trinajstić information content (AvgIpc) is 3.28. The summed E-state index contributed by atoms with van der Waals surface area (Å²) in [5, 5.41) is 7.43. The molecule has 2 aliphatic rings. The van der Waals surface area contributed by atoms with E-state index < -0.39 is 0 Å². The molecule has 0 saturated heterocycles. The summed E-state index contributed by atoms with van der Waals surface area (Å²) in [6.45, 7) is 1.22. The van der Waals surface area contributed by atoms with Crippen LogP contribution in [-0.4, -0.2) is 27.3 Å². The van der Waals surface area contributed by atoms with Gasteiger partial charge >= 0.3 is 0 Å². The van der Waals surface area contributed by atoms with E-state index in [9.17, 15) is 4.39 Å². The van der Waals surface area contributed by atoms with Crippen LogP contribution >= 0.6 is 0 Å². The number of anilines is 2. The predicted molar refractivity (Wildman–Crippen MR) is 109 cm³/mol. The lowest BCUT2D eigenvalue weighted by molar-refractivity contribution is 0.366. The molecule has 0 spiro atoms. The summed E-state index contributed by atoms with van der Waals surface area (Å²) in [4.78, 5) is 16.4. The molecule has 3 N–H and O–H groups in total.